The molecule has 0 radical (unpaired) electrons. The number of aromatic nitrogens is 4. The lowest BCUT2D eigenvalue weighted by Gasteiger charge is -2.36. The third kappa shape index (κ3) is 24.9. The predicted octanol–water partition coefficient (Wildman–Crippen LogP) is 3.39. The summed E-state index contributed by atoms with van der Waals surface area (Å²) < 4.78 is 60.9. The fourth-order valence-corrected chi connectivity index (χ4v) is 9.97. The van der Waals surface area contributed by atoms with Gasteiger partial charge in [-0.15, -0.1) is 0 Å². The van der Waals surface area contributed by atoms with Crippen LogP contribution in [-0.4, -0.2) is 103 Å². The molecule has 0 aliphatic carbocycles. The summed E-state index contributed by atoms with van der Waals surface area (Å²) in [5.41, 5.74) is 4.08. The Hall–Kier alpha value is -4.00. The molecule has 3 heterocycles. The third-order valence-electron chi connectivity index (χ3n) is 10.3. The van der Waals surface area contributed by atoms with Gasteiger partial charge in [0.25, 0.3) is 15.6 Å². The number of nitrogens with zero attached hydrogens (tertiary/aromatic N) is 4. The quantitative estimate of drug-likeness (QED) is 0.0375. The maximum atomic E-state index is 12.7. The number of hydrogen-bond donors (Lipinski definition) is 5. The minimum Gasteiger partial charge on any atom is -0.790 e. The lowest BCUT2D eigenvalue weighted by molar-refractivity contribution is -0.347. The Labute approximate surface area is 429 Å². The number of phosphoric ester groups is 3. The highest BCUT2D eigenvalue weighted by Gasteiger charge is 2.47. The van der Waals surface area contributed by atoms with Gasteiger partial charge < -0.3 is 69.0 Å². The molecule has 0 spiro atoms. The molecule has 0 bridgehead atoms. The van der Waals surface area contributed by atoms with Crippen LogP contribution < -0.4 is 35.9 Å². The van der Waals surface area contributed by atoms with E-state index in [1.165, 1.54) is 13.8 Å². The Morgan fingerprint density at radius 3 is 2.04 bits per heavy atom. The topological polar surface area (TPSA) is 375 Å². The number of aliphatic hydroxyl groups is 2. The Balaban J connectivity index is 1.27. The summed E-state index contributed by atoms with van der Waals surface area (Å²) in [4.78, 5) is 97.0. The highest BCUT2D eigenvalue weighted by Crippen LogP contribution is 2.56. The van der Waals surface area contributed by atoms with Gasteiger partial charge >= 0.3 is 0 Å². The van der Waals surface area contributed by atoms with Crippen LogP contribution in [0.25, 0.3) is 11.2 Å². The first-order chi connectivity index (χ1) is 34.6. The minimum absolute atomic E-state index is 0.0117. The summed E-state index contributed by atoms with van der Waals surface area (Å²) in [6.45, 7) is 2.24. The van der Waals surface area contributed by atoms with Crippen molar-refractivity contribution in [3.8, 4) is 0 Å². The normalized spacial score (nSPS) is 20.1. The average molecular weight is 1100 g/mol. The van der Waals surface area contributed by atoms with Crippen LogP contribution in [-0.2, 0) is 50.7 Å². The Morgan fingerprint density at radius 2 is 1.44 bits per heavy atom. The summed E-state index contributed by atoms with van der Waals surface area (Å²) in [6.07, 6.45) is 26.8. The molecule has 0 saturated carbocycles. The van der Waals surface area contributed by atoms with Crippen molar-refractivity contribution in [2.24, 2.45) is 5.41 Å². The van der Waals surface area contributed by atoms with E-state index in [4.69, 9.17) is 10.5 Å². The number of rotatable bonds is 35. The summed E-state index contributed by atoms with van der Waals surface area (Å²) >= 11 is 1.11. The van der Waals surface area contributed by atoms with Crippen LogP contribution in [0, 0.1) is 5.41 Å². The number of thioether (sulfide) groups is 1. The van der Waals surface area contributed by atoms with Gasteiger partial charge in [0, 0.05) is 37.1 Å². The zero-order chi connectivity index (χ0) is 53.9. The van der Waals surface area contributed by atoms with Crippen molar-refractivity contribution in [2.75, 3.05) is 37.8 Å². The number of carbonyl (C=O) groups excluding carboxylic acids is 3. The molecule has 6 N–H and O–H groups in total. The number of anilines is 1. The highest BCUT2D eigenvalue weighted by atomic mass is 32.2. The lowest BCUT2D eigenvalue weighted by atomic mass is 9.87. The van der Waals surface area contributed by atoms with E-state index in [0.717, 1.165) is 86.8 Å². The zero-order valence-corrected chi connectivity index (χ0v) is 44.4. The van der Waals surface area contributed by atoms with Crippen LogP contribution in [0.15, 0.2) is 85.6 Å². The number of nitrogen functional groups attached to an aromatic ring is 1. The second-order valence-electron chi connectivity index (χ2n) is 16.9. The first-order valence-corrected chi connectivity index (χ1v) is 28.8. The highest BCUT2D eigenvalue weighted by molar-refractivity contribution is 8.13. The molecule has 2 unspecified atom stereocenters. The first kappa shape index (κ1) is 63.3. The molecule has 1 aliphatic heterocycles. The number of unbranched alkanes of at least 4 members (excludes halogenated alkanes) is 2. The zero-order valence-electron chi connectivity index (χ0n) is 40.9. The van der Waals surface area contributed by atoms with Gasteiger partial charge in [-0.2, -0.15) is 0 Å². The molecule has 3 rings (SSSR count). The molecule has 1 fully saturated rings. The standard InChI is InChI=1S/C45H70N7O17P3S/c1-4-5-6-7-8-9-10-11-12-13-14-15-16-17-18-19-20-21-22-23-24-25-36(54)73-29-28-47-35(53)26-27-48-43(57)40(56)45(2,3)31-66-72(63,64)69-71(61,62)65-30-34-39(68-70(58,59)60)38(55)44(67-34)52-33-51-37-41(46)49-32-50-42(37)52/h5-6,8-9,11-12,14-15,17-18,20-21,32-34,38-40,44,55-56H,4,7,10,13,16,19,22-31H2,1-3H3,(H,47,53)(H,48,57)(H,61,62)(H,63,64)(H2,46,49,50)(H2,58,59,60)/p-4/b6-5-,9-8-,12-11-,15-14-,18-17-,21-20-/t34-,38-,39-,40+,44-/m1/s1. The van der Waals surface area contributed by atoms with Gasteiger partial charge in [0.1, 0.15) is 36.3 Å². The minimum atomic E-state index is -5.93. The van der Waals surface area contributed by atoms with Crippen molar-refractivity contribution in [1.29, 1.82) is 0 Å². The van der Waals surface area contributed by atoms with E-state index in [1.54, 1.807) is 0 Å². The van der Waals surface area contributed by atoms with E-state index in [1.807, 2.05) is 0 Å². The fraction of sp³-hybridized carbons (Fsp3) is 0.556. The molecule has 0 aromatic carbocycles. The number of fused-ring (bicyclic) bond motifs is 1. The maximum absolute atomic E-state index is 12.7. The second kappa shape index (κ2) is 32.4. The third-order valence-corrected chi connectivity index (χ3v) is 14.3. The van der Waals surface area contributed by atoms with Gasteiger partial charge in [-0.3, -0.25) is 28.1 Å². The monoisotopic (exact) mass is 1100 g/mol. The van der Waals surface area contributed by atoms with E-state index in [9.17, 15) is 57.9 Å². The Kier molecular flexibility index (Phi) is 28.1. The fourth-order valence-electron chi connectivity index (χ4n) is 6.52. The molecule has 1 aliphatic rings. The van der Waals surface area contributed by atoms with Crippen LogP contribution >= 0.6 is 35.2 Å². The van der Waals surface area contributed by atoms with E-state index < -0.39 is 84.6 Å². The molecule has 24 nitrogen and oxygen atoms in total. The van der Waals surface area contributed by atoms with Gasteiger partial charge in [-0.05, 0) is 57.8 Å². The van der Waals surface area contributed by atoms with Crippen LogP contribution in [0.2, 0.25) is 0 Å². The van der Waals surface area contributed by atoms with E-state index >= 15 is 0 Å². The molecule has 2 aromatic heterocycles. The number of amides is 2. The molecule has 73 heavy (non-hydrogen) atoms. The van der Waals surface area contributed by atoms with Crippen LogP contribution in [0.1, 0.15) is 97.6 Å². The molecular formula is C45H66N7O17P3S-4. The van der Waals surface area contributed by atoms with E-state index in [0.29, 0.717) is 12.2 Å². The Bertz CT molecular complexity index is 2390. The van der Waals surface area contributed by atoms with Crippen LogP contribution in [0.4, 0.5) is 5.82 Å². The SMILES string of the molecule is CC/C=C\C/C=C\C/C=C\C/C=C\C/C=C\C/C=C\CCCCC(=O)SCCNC(=O)CCNC(=O)[C@H](O)C(C)(C)COP(=O)([O-])OP(=O)([O-])OC[C@H]1O[C@@H](n2cnc3c(N)ncnc32)[C@H](O)[C@@H]1OP(=O)([O-])[O-]. The van der Waals surface area contributed by atoms with Gasteiger partial charge in [0.15, 0.2) is 22.8 Å². The van der Waals surface area contributed by atoms with Crippen LogP contribution in [0.3, 0.4) is 0 Å². The van der Waals surface area contributed by atoms with Crippen molar-refractivity contribution in [1.82, 2.24) is 30.2 Å². The lowest BCUT2D eigenvalue weighted by Crippen LogP contribution is -2.46. The number of allylic oxidation sites excluding steroid dienone is 12. The van der Waals surface area contributed by atoms with Crippen LogP contribution in [0.5, 0.6) is 0 Å². The smallest absolute Gasteiger partial charge is 0.274 e. The first-order valence-electron chi connectivity index (χ1n) is 23.4. The largest absolute Gasteiger partial charge is 0.790 e. The number of aliphatic hydroxyl groups excluding tert-OH is 2. The summed E-state index contributed by atoms with van der Waals surface area (Å²) in [5, 5.41) is 26.4. The van der Waals surface area contributed by atoms with Crippen molar-refractivity contribution >= 4 is 69.1 Å². The average Bonchev–Trinajstić information content (AvgIpc) is 3.88. The summed E-state index contributed by atoms with van der Waals surface area (Å²) in [6, 6.07) is 0. The molecule has 1 saturated heterocycles. The number of phosphoric acid groups is 3. The number of hydrogen-bond acceptors (Lipinski definition) is 22. The number of nitrogens with one attached hydrogen (secondary N) is 2. The number of imidazole rings is 1. The number of ether oxygens (including phenoxy) is 1. The summed E-state index contributed by atoms with van der Waals surface area (Å²) in [5.74, 6) is -1.19. The van der Waals surface area contributed by atoms with Gasteiger partial charge in [0.05, 0.1) is 27.4 Å². The molecular weight excluding hydrogens is 1040 g/mol. The Morgan fingerprint density at radius 1 is 0.849 bits per heavy atom. The number of nitrogens with two attached hydrogens (primary N) is 1. The second-order valence-corrected chi connectivity index (χ2v) is 22.1. The van der Waals surface area contributed by atoms with E-state index in [2.05, 4.69) is 123 Å². The molecule has 2 aromatic rings. The van der Waals surface area contributed by atoms with Crippen molar-refractivity contribution < 1.29 is 80.5 Å². The summed E-state index contributed by atoms with van der Waals surface area (Å²) in [7, 11) is -17.6. The maximum Gasteiger partial charge on any atom is 0.274 e. The van der Waals surface area contributed by atoms with Gasteiger partial charge in [-0.25, -0.2) is 19.3 Å². The molecule has 408 valence electrons. The van der Waals surface area contributed by atoms with Crippen molar-refractivity contribution in [3.63, 3.8) is 0 Å². The van der Waals surface area contributed by atoms with Crippen molar-refractivity contribution in [3.05, 3.63) is 85.6 Å². The molecule has 2 amide bonds. The number of carbonyl (C=O) groups is 3. The van der Waals surface area contributed by atoms with Gasteiger partial charge in [0.2, 0.25) is 11.8 Å². The van der Waals surface area contributed by atoms with Gasteiger partial charge in [-0.1, -0.05) is 105 Å². The predicted molar refractivity (Wildman–Crippen MR) is 265 cm³/mol. The molecule has 7 atom stereocenters. The van der Waals surface area contributed by atoms with E-state index in [-0.39, 0.29) is 41.6 Å². The molecule has 28 heteroatoms. The van der Waals surface area contributed by atoms with Crippen molar-refractivity contribution in [2.45, 2.75) is 122 Å².